The van der Waals surface area contributed by atoms with Gasteiger partial charge in [-0.1, -0.05) is 11.6 Å². The Kier molecular flexibility index (Phi) is 6.41. The third kappa shape index (κ3) is 4.43. The van der Waals surface area contributed by atoms with Gasteiger partial charge in [-0.2, -0.15) is 0 Å². The lowest BCUT2D eigenvalue weighted by molar-refractivity contribution is -0.385. The van der Waals surface area contributed by atoms with E-state index in [1.807, 2.05) is 0 Å². The first-order chi connectivity index (χ1) is 12.4. The van der Waals surface area contributed by atoms with Crippen molar-refractivity contribution in [2.24, 2.45) is 0 Å². The second-order valence-corrected chi connectivity index (χ2v) is 5.93. The van der Waals surface area contributed by atoms with Crippen LogP contribution >= 0.6 is 11.6 Å². The summed E-state index contributed by atoms with van der Waals surface area (Å²) in [6.45, 7) is 2.26. The maximum absolute atomic E-state index is 12.7. The van der Waals surface area contributed by atoms with E-state index >= 15 is 0 Å². The molecule has 8 heteroatoms. The van der Waals surface area contributed by atoms with Crippen LogP contribution in [0.15, 0.2) is 36.4 Å². The number of nitro benzene ring substituents is 1. The van der Waals surface area contributed by atoms with E-state index in [4.69, 9.17) is 21.1 Å². The van der Waals surface area contributed by atoms with Gasteiger partial charge in [0.15, 0.2) is 5.75 Å². The highest BCUT2D eigenvalue weighted by Crippen LogP contribution is 2.29. The summed E-state index contributed by atoms with van der Waals surface area (Å²) in [6, 6.07) is 9.29. The topological polar surface area (TPSA) is 81.9 Å². The van der Waals surface area contributed by atoms with Crippen molar-refractivity contribution in [2.45, 2.75) is 13.5 Å². The summed E-state index contributed by atoms with van der Waals surface area (Å²) in [7, 11) is 3.13. The zero-order valence-corrected chi connectivity index (χ0v) is 15.4. The van der Waals surface area contributed by atoms with Gasteiger partial charge in [-0.05, 0) is 37.3 Å². The van der Waals surface area contributed by atoms with E-state index in [2.05, 4.69) is 0 Å². The quantitative estimate of drug-likeness (QED) is 0.538. The van der Waals surface area contributed by atoms with Gasteiger partial charge >= 0.3 is 5.69 Å². The molecule has 0 fully saturated rings. The highest BCUT2D eigenvalue weighted by atomic mass is 35.5. The van der Waals surface area contributed by atoms with E-state index in [1.165, 1.54) is 30.2 Å². The number of nitro groups is 1. The van der Waals surface area contributed by atoms with E-state index < -0.39 is 4.92 Å². The molecule has 2 aromatic carbocycles. The first-order valence-corrected chi connectivity index (χ1v) is 8.24. The van der Waals surface area contributed by atoms with Crippen molar-refractivity contribution < 1.29 is 19.2 Å². The van der Waals surface area contributed by atoms with Crippen LogP contribution in [0.1, 0.15) is 22.8 Å². The van der Waals surface area contributed by atoms with Gasteiger partial charge in [0.05, 0.1) is 18.6 Å². The number of hydrogen-bond donors (Lipinski definition) is 0. The summed E-state index contributed by atoms with van der Waals surface area (Å²) in [6.07, 6.45) is 0. The maximum atomic E-state index is 12.7. The summed E-state index contributed by atoms with van der Waals surface area (Å²) < 4.78 is 10.5. The van der Waals surface area contributed by atoms with Gasteiger partial charge < -0.3 is 14.4 Å². The van der Waals surface area contributed by atoms with Gasteiger partial charge in [0.25, 0.3) is 5.91 Å². The fourth-order valence-electron chi connectivity index (χ4n) is 2.49. The molecule has 138 valence electrons. The Morgan fingerprint density at radius 3 is 2.54 bits per heavy atom. The van der Waals surface area contributed by atoms with Crippen LogP contribution in [0.25, 0.3) is 0 Å². The van der Waals surface area contributed by atoms with Crippen molar-refractivity contribution in [1.82, 2.24) is 4.90 Å². The van der Waals surface area contributed by atoms with E-state index in [0.29, 0.717) is 17.4 Å². The number of benzene rings is 2. The van der Waals surface area contributed by atoms with Crippen molar-refractivity contribution in [3.63, 3.8) is 0 Å². The average Bonchev–Trinajstić information content (AvgIpc) is 2.61. The second-order valence-electron chi connectivity index (χ2n) is 5.49. The predicted octanol–water partition coefficient (Wildman–Crippen LogP) is 3.93. The Morgan fingerprint density at radius 1 is 1.23 bits per heavy atom. The minimum Gasteiger partial charge on any atom is -0.496 e. The molecule has 26 heavy (non-hydrogen) atoms. The highest BCUT2D eigenvalue weighted by molar-refractivity contribution is 6.30. The van der Waals surface area contributed by atoms with Crippen molar-refractivity contribution in [1.29, 1.82) is 0 Å². The van der Waals surface area contributed by atoms with E-state index in [0.717, 1.165) is 5.56 Å². The lowest BCUT2D eigenvalue weighted by atomic mass is 10.1. The summed E-state index contributed by atoms with van der Waals surface area (Å²) in [5.74, 6) is 0.373. The van der Waals surface area contributed by atoms with Crippen LogP contribution in [0.3, 0.4) is 0 Å². The predicted molar refractivity (Wildman–Crippen MR) is 98.1 cm³/mol. The molecule has 0 bridgehead atoms. The summed E-state index contributed by atoms with van der Waals surface area (Å²) in [5.41, 5.74) is 0.686. The SMILES string of the molecule is CCOc1ccc(C(=O)N(C)Cc2cc(Cl)ccc2OC)cc1[N+](=O)[O-]. The second kappa shape index (κ2) is 8.53. The molecule has 0 spiro atoms. The van der Waals surface area contributed by atoms with Gasteiger partial charge in [-0.15, -0.1) is 0 Å². The first-order valence-electron chi connectivity index (χ1n) is 7.86. The lowest BCUT2D eigenvalue weighted by Crippen LogP contribution is -2.26. The van der Waals surface area contributed by atoms with Gasteiger partial charge in [0, 0.05) is 35.8 Å². The monoisotopic (exact) mass is 378 g/mol. The number of carbonyl (C=O) groups excluding carboxylic acids is 1. The van der Waals surface area contributed by atoms with Crippen molar-refractivity contribution in [3.8, 4) is 11.5 Å². The first kappa shape index (κ1) is 19.5. The molecule has 2 rings (SSSR count). The molecule has 0 heterocycles. The Balaban J connectivity index is 2.27. The number of carbonyl (C=O) groups is 1. The molecule has 0 aromatic heterocycles. The van der Waals surface area contributed by atoms with E-state index in [-0.39, 0.29) is 29.5 Å². The van der Waals surface area contributed by atoms with Crippen molar-refractivity contribution in [3.05, 3.63) is 62.7 Å². The van der Waals surface area contributed by atoms with Gasteiger partial charge in [0.2, 0.25) is 0 Å². The van der Waals surface area contributed by atoms with Crippen LogP contribution in [-0.4, -0.2) is 36.5 Å². The highest BCUT2D eigenvalue weighted by Gasteiger charge is 2.21. The van der Waals surface area contributed by atoms with Crippen molar-refractivity contribution >= 4 is 23.2 Å². The summed E-state index contributed by atoms with van der Waals surface area (Å²) in [5, 5.41) is 11.7. The fraction of sp³-hybridized carbons (Fsp3) is 0.278. The molecule has 0 unspecified atom stereocenters. The smallest absolute Gasteiger partial charge is 0.311 e. The Hall–Kier alpha value is -2.80. The fourth-order valence-corrected chi connectivity index (χ4v) is 2.68. The Labute approximate surface area is 156 Å². The third-order valence-electron chi connectivity index (χ3n) is 3.70. The number of rotatable bonds is 7. The molecule has 0 saturated heterocycles. The number of amides is 1. The molecular formula is C18H19ClN2O5. The zero-order valence-electron chi connectivity index (χ0n) is 14.7. The Bertz CT molecular complexity index is 825. The standard InChI is InChI=1S/C18H19ClN2O5/c1-4-26-17-7-5-12(10-15(17)21(23)24)18(22)20(2)11-13-9-14(19)6-8-16(13)25-3/h5-10H,4,11H2,1-3H3. The van der Waals surface area contributed by atoms with E-state index in [1.54, 1.807) is 32.2 Å². The van der Waals surface area contributed by atoms with Gasteiger partial charge in [-0.3, -0.25) is 14.9 Å². The van der Waals surface area contributed by atoms with Gasteiger partial charge in [-0.25, -0.2) is 0 Å². The van der Waals surface area contributed by atoms with Crippen molar-refractivity contribution in [2.75, 3.05) is 20.8 Å². The minimum atomic E-state index is -0.568. The van der Waals surface area contributed by atoms with Crippen LogP contribution in [-0.2, 0) is 6.54 Å². The molecule has 0 aliphatic heterocycles. The molecule has 0 saturated carbocycles. The van der Waals surface area contributed by atoms with Gasteiger partial charge in [0.1, 0.15) is 5.75 Å². The number of halogens is 1. The largest absolute Gasteiger partial charge is 0.496 e. The van der Waals surface area contributed by atoms with Crippen LogP contribution in [0, 0.1) is 10.1 Å². The molecule has 0 aliphatic rings. The van der Waals surface area contributed by atoms with Crippen LogP contribution in [0.4, 0.5) is 5.69 Å². The lowest BCUT2D eigenvalue weighted by Gasteiger charge is -2.19. The molecule has 1 amide bonds. The minimum absolute atomic E-state index is 0.133. The normalized spacial score (nSPS) is 10.3. The molecule has 7 nitrogen and oxygen atoms in total. The maximum Gasteiger partial charge on any atom is 0.311 e. The van der Waals surface area contributed by atoms with E-state index in [9.17, 15) is 14.9 Å². The number of hydrogen-bond acceptors (Lipinski definition) is 5. The number of ether oxygens (including phenoxy) is 2. The molecule has 0 N–H and O–H groups in total. The Morgan fingerprint density at radius 2 is 1.92 bits per heavy atom. The molecular weight excluding hydrogens is 360 g/mol. The zero-order chi connectivity index (χ0) is 19.3. The molecule has 0 radical (unpaired) electrons. The average molecular weight is 379 g/mol. The van der Waals surface area contributed by atoms with Crippen LogP contribution < -0.4 is 9.47 Å². The number of nitrogens with zero attached hydrogens (tertiary/aromatic N) is 2. The molecule has 0 aliphatic carbocycles. The molecule has 2 aromatic rings. The molecule has 0 atom stereocenters. The van der Waals surface area contributed by atoms with Crippen LogP contribution in [0.5, 0.6) is 11.5 Å². The third-order valence-corrected chi connectivity index (χ3v) is 3.93. The van der Waals surface area contributed by atoms with Crippen LogP contribution in [0.2, 0.25) is 5.02 Å². The summed E-state index contributed by atoms with van der Waals surface area (Å²) in [4.78, 5) is 24.8. The number of methoxy groups -OCH3 is 1. The summed E-state index contributed by atoms with van der Waals surface area (Å²) >= 11 is 6.01.